The molecule has 1 unspecified atom stereocenters. The quantitative estimate of drug-likeness (QED) is 0.523. The van der Waals surface area contributed by atoms with E-state index in [-0.39, 0.29) is 5.88 Å². The third-order valence-corrected chi connectivity index (χ3v) is 4.34. The van der Waals surface area contributed by atoms with E-state index in [2.05, 4.69) is 9.97 Å². The van der Waals surface area contributed by atoms with Crippen molar-refractivity contribution < 1.29 is 28.2 Å². The zero-order valence-corrected chi connectivity index (χ0v) is 16.6. The summed E-state index contributed by atoms with van der Waals surface area (Å²) in [5.41, 5.74) is 0.908. The van der Waals surface area contributed by atoms with Crippen LogP contribution in [0.5, 0.6) is 17.4 Å². The molecule has 8 heteroatoms. The van der Waals surface area contributed by atoms with Gasteiger partial charge in [-0.05, 0) is 57.2 Å². The summed E-state index contributed by atoms with van der Waals surface area (Å²) in [6, 6.07) is 10.5. The maximum Gasteiger partial charge on any atom is 0.238 e. The fraction of sp³-hybridized carbons (Fsp3) is 0.227. The molecule has 30 heavy (non-hydrogen) atoms. The molecule has 0 N–H and O–H groups in total. The van der Waals surface area contributed by atoms with Gasteiger partial charge in [0.25, 0.3) is 0 Å². The molecule has 1 aromatic heterocycles. The summed E-state index contributed by atoms with van der Waals surface area (Å²) >= 11 is 0. The summed E-state index contributed by atoms with van der Waals surface area (Å²) in [6.07, 6.45) is 0.414. The number of halogens is 1. The van der Waals surface area contributed by atoms with Crippen molar-refractivity contribution in [2.24, 2.45) is 5.92 Å². The van der Waals surface area contributed by atoms with Crippen LogP contribution in [0.2, 0.25) is 0 Å². The fourth-order valence-corrected chi connectivity index (χ4v) is 2.91. The van der Waals surface area contributed by atoms with Crippen LogP contribution in [0.4, 0.5) is 4.39 Å². The number of carbonyl (C=O) groups excluding carboxylic acids is 3. The molecule has 154 valence electrons. The van der Waals surface area contributed by atoms with E-state index in [0.717, 1.165) is 0 Å². The molecule has 0 radical (unpaired) electrons. The molecule has 0 fully saturated rings. The summed E-state index contributed by atoms with van der Waals surface area (Å²) in [7, 11) is 0. The minimum Gasteiger partial charge on any atom is -0.483 e. The largest absolute Gasteiger partial charge is 0.483 e. The lowest BCUT2D eigenvalue weighted by Crippen LogP contribution is -2.37. The number of hydrogen-bond donors (Lipinski definition) is 0. The minimum atomic E-state index is -1.32. The van der Waals surface area contributed by atoms with Crippen LogP contribution in [0.25, 0.3) is 11.0 Å². The van der Waals surface area contributed by atoms with Gasteiger partial charge in [-0.25, -0.2) is 14.4 Å². The topological polar surface area (TPSA) is 95.5 Å². The van der Waals surface area contributed by atoms with Crippen LogP contribution in [0, 0.1) is 11.7 Å². The number of carbonyl (C=O) groups is 3. The predicted octanol–water partition coefficient (Wildman–Crippen LogP) is 3.69. The third-order valence-electron chi connectivity index (χ3n) is 4.34. The van der Waals surface area contributed by atoms with Crippen LogP contribution in [0.1, 0.15) is 20.8 Å². The lowest BCUT2D eigenvalue weighted by Gasteiger charge is -2.17. The Kier molecular flexibility index (Phi) is 6.15. The van der Waals surface area contributed by atoms with Crippen molar-refractivity contribution in [2.75, 3.05) is 0 Å². The smallest absolute Gasteiger partial charge is 0.238 e. The average Bonchev–Trinajstić information content (AvgIpc) is 2.69. The molecule has 0 aliphatic rings. The van der Waals surface area contributed by atoms with Crippen LogP contribution >= 0.6 is 0 Å². The Morgan fingerprint density at radius 1 is 0.933 bits per heavy atom. The lowest BCUT2D eigenvalue weighted by molar-refractivity contribution is -0.141. The second-order valence-corrected chi connectivity index (χ2v) is 6.73. The van der Waals surface area contributed by atoms with Crippen LogP contribution in [-0.2, 0) is 14.4 Å². The van der Waals surface area contributed by atoms with E-state index in [1.54, 1.807) is 24.3 Å². The number of aromatic nitrogens is 2. The standard InChI is InChI=1S/C22H19FN2O5/c1-12(26)21(13(2)27)22(28)14(3)29-16-5-7-17(8-6-16)30-20-11-24-19-10-15(23)4-9-18(19)25-20/h4-11,14,21H,1-3H3. The molecule has 1 atom stereocenters. The Hall–Kier alpha value is -3.68. The Balaban J connectivity index is 1.67. The number of ketones is 3. The normalized spacial score (nSPS) is 11.9. The molecule has 1 heterocycles. The minimum absolute atomic E-state index is 0.233. The molecule has 0 spiro atoms. The van der Waals surface area contributed by atoms with E-state index in [0.29, 0.717) is 22.5 Å². The first-order valence-electron chi connectivity index (χ1n) is 9.16. The molecule has 0 aliphatic heterocycles. The number of fused-ring (bicyclic) bond motifs is 1. The van der Waals surface area contributed by atoms with Gasteiger partial charge in [-0.2, -0.15) is 0 Å². The number of Topliss-reactive ketones (excluding diaryl/α,β-unsaturated/α-hetero) is 3. The summed E-state index contributed by atoms with van der Waals surface area (Å²) in [4.78, 5) is 43.8. The van der Waals surface area contributed by atoms with E-state index in [9.17, 15) is 18.8 Å². The van der Waals surface area contributed by atoms with Crippen molar-refractivity contribution in [1.82, 2.24) is 9.97 Å². The van der Waals surface area contributed by atoms with Gasteiger partial charge >= 0.3 is 0 Å². The van der Waals surface area contributed by atoms with Crippen LogP contribution in [-0.4, -0.2) is 33.4 Å². The molecule has 2 aromatic carbocycles. The SMILES string of the molecule is CC(=O)C(C(C)=O)C(=O)C(C)Oc1ccc(Oc2cnc3cc(F)ccc3n2)cc1. The second-order valence-electron chi connectivity index (χ2n) is 6.73. The number of rotatable bonds is 8. The molecule has 0 saturated carbocycles. The van der Waals surface area contributed by atoms with Gasteiger partial charge in [0.05, 0.1) is 17.2 Å². The molecule has 7 nitrogen and oxygen atoms in total. The van der Waals surface area contributed by atoms with Crippen molar-refractivity contribution in [3.63, 3.8) is 0 Å². The first-order valence-corrected chi connectivity index (χ1v) is 9.16. The molecule has 3 rings (SSSR count). The van der Waals surface area contributed by atoms with Gasteiger partial charge < -0.3 is 9.47 Å². The van der Waals surface area contributed by atoms with Gasteiger partial charge in [0.1, 0.15) is 34.8 Å². The zero-order chi connectivity index (χ0) is 21.8. The summed E-state index contributed by atoms with van der Waals surface area (Å²) in [5.74, 6) is -2.27. The molecule has 0 amide bonds. The number of ether oxygens (including phenoxy) is 2. The van der Waals surface area contributed by atoms with E-state index >= 15 is 0 Å². The third kappa shape index (κ3) is 4.83. The zero-order valence-electron chi connectivity index (χ0n) is 16.6. The summed E-state index contributed by atoms with van der Waals surface area (Å²) in [5, 5.41) is 0. The van der Waals surface area contributed by atoms with Gasteiger partial charge in [-0.15, -0.1) is 0 Å². The Morgan fingerprint density at radius 3 is 2.20 bits per heavy atom. The molecular weight excluding hydrogens is 391 g/mol. The van der Waals surface area contributed by atoms with Gasteiger partial charge in [0, 0.05) is 6.07 Å². The number of hydrogen-bond acceptors (Lipinski definition) is 7. The highest BCUT2D eigenvalue weighted by Gasteiger charge is 2.32. The molecule has 0 aliphatic carbocycles. The highest BCUT2D eigenvalue weighted by molar-refractivity contribution is 6.19. The average molecular weight is 410 g/mol. The maximum absolute atomic E-state index is 13.2. The highest BCUT2D eigenvalue weighted by Crippen LogP contribution is 2.24. The van der Waals surface area contributed by atoms with Crippen molar-refractivity contribution in [3.8, 4) is 17.4 Å². The van der Waals surface area contributed by atoms with E-state index in [1.165, 1.54) is 45.2 Å². The van der Waals surface area contributed by atoms with Crippen molar-refractivity contribution in [1.29, 1.82) is 0 Å². The van der Waals surface area contributed by atoms with E-state index < -0.39 is 35.2 Å². The number of nitrogens with zero attached hydrogens (tertiary/aromatic N) is 2. The Bertz CT molecular complexity index is 1100. The van der Waals surface area contributed by atoms with Crippen molar-refractivity contribution >= 4 is 28.4 Å². The first kappa shape index (κ1) is 21.0. The molecule has 3 aromatic rings. The van der Waals surface area contributed by atoms with E-state index in [4.69, 9.17) is 9.47 Å². The number of benzene rings is 2. The summed E-state index contributed by atoms with van der Waals surface area (Å²) in [6.45, 7) is 3.89. The Morgan fingerprint density at radius 2 is 1.57 bits per heavy atom. The van der Waals surface area contributed by atoms with Gasteiger partial charge in [-0.1, -0.05) is 0 Å². The van der Waals surface area contributed by atoms with Gasteiger partial charge in [-0.3, -0.25) is 14.4 Å². The first-order chi connectivity index (χ1) is 14.2. The lowest BCUT2D eigenvalue weighted by atomic mass is 9.93. The van der Waals surface area contributed by atoms with Gasteiger partial charge in [0.2, 0.25) is 5.88 Å². The van der Waals surface area contributed by atoms with Gasteiger partial charge in [0.15, 0.2) is 11.9 Å². The van der Waals surface area contributed by atoms with Crippen molar-refractivity contribution in [2.45, 2.75) is 26.9 Å². The molecule has 0 bridgehead atoms. The predicted molar refractivity (Wildman–Crippen MR) is 106 cm³/mol. The molecule has 0 saturated heterocycles. The second kappa shape index (κ2) is 8.77. The molecular formula is C22H19FN2O5. The van der Waals surface area contributed by atoms with Crippen LogP contribution < -0.4 is 9.47 Å². The monoisotopic (exact) mass is 410 g/mol. The van der Waals surface area contributed by atoms with Crippen molar-refractivity contribution in [3.05, 3.63) is 54.5 Å². The van der Waals surface area contributed by atoms with Crippen LogP contribution in [0.15, 0.2) is 48.7 Å². The van der Waals surface area contributed by atoms with E-state index in [1.807, 2.05) is 0 Å². The Labute approximate surface area is 171 Å². The summed E-state index contributed by atoms with van der Waals surface area (Å²) < 4.78 is 24.4. The highest BCUT2D eigenvalue weighted by atomic mass is 19.1. The van der Waals surface area contributed by atoms with Crippen LogP contribution in [0.3, 0.4) is 0 Å². The maximum atomic E-state index is 13.2. The fourth-order valence-electron chi connectivity index (χ4n) is 2.91.